The first kappa shape index (κ1) is 15.7. The minimum Gasteiger partial charge on any atom is -0.369 e. The quantitative estimate of drug-likeness (QED) is 0.694. The fourth-order valence-corrected chi connectivity index (χ4v) is 3.36. The molecule has 108 valence electrons. The lowest BCUT2D eigenvalue weighted by atomic mass is 10.2. The number of aromatic nitrogens is 2. The van der Waals surface area contributed by atoms with Crippen molar-refractivity contribution < 1.29 is 0 Å². The first-order valence-electron chi connectivity index (χ1n) is 7.06. The summed E-state index contributed by atoms with van der Waals surface area (Å²) < 4.78 is 1.17. The van der Waals surface area contributed by atoms with Crippen molar-refractivity contribution >= 4 is 39.7 Å². The second-order valence-electron chi connectivity index (χ2n) is 4.68. The Morgan fingerprint density at radius 3 is 2.75 bits per heavy atom. The summed E-state index contributed by atoms with van der Waals surface area (Å²) in [7, 11) is 0. The van der Waals surface area contributed by atoms with Crippen molar-refractivity contribution in [1.82, 2.24) is 9.97 Å². The molecule has 0 atom stereocenters. The van der Waals surface area contributed by atoms with Gasteiger partial charge in [0.2, 0.25) is 0 Å². The summed E-state index contributed by atoms with van der Waals surface area (Å²) >= 11 is 4.13. The van der Waals surface area contributed by atoms with Crippen LogP contribution in [-0.2, 0) is 12.8 Å². The summed E-state index contributed by atoms with van der Waals surface area (Å²) in [6, 6.07) is 4.22. The standard InChI is InChI=1S/C15H20IN3S/c1-3-6-12-14(16)15(17-8-4-2)19-13(18-12)10-11-7-5-9-20-11/h5,7,9H,3-4,6,8,10H2,1-2H3,(H,17,18,19). The van der Waals surface area contributed by atoms with Gasteiger partial charge in [-0.3, -0.25) is 0 Å². The third-order valence-corrected chi connectivity index (χ3v) is 4.92. The van der Waals surface area contributed by atoms with Crippen molar-refractivity contribution in [3.05, 3.63) is 37.5 Å². The molecule has 3 nitrogen and oxygen atoms in total. The van der Waals surface area contributed by atoms with E-state index in [1.54, 1.807) is 11.3 Å². The maximum atomic E-state index is 4.75. The predicted octanol–water partition coefficient (Wildman–Crippen LogP) is 4.51. The molecule has 0 amide bonds. The summed E-state index contributed by atoms with van der Waals surface area (Å²) in [5.74, 6) is 1.92. The highest BCUT2D eigenvalue weighted by molar-refractivity contribution is 14.1. The summed E-state index contributed by atoms with van der Waals surface area (Å²) in [5.41, 5.74) is 1.17. The van der Waals surface area contributed by atoms with Gasteiger partial charge in [0.25, 0.3) is 0 Å². The molecule has 0 aliphatic heterocycles. The van der Waals surface area contributed by atoms with Crippen molar-refractivity contribution in [1.29, 1.82) is 0 Å². The van der Waals surface area contributed by atoms with Gasteiger partial charge in [-0.1, -0.05) is 26.3 Å². The van der Waals surface area contributed by atoms with Crippen LogP contribution in [0.25, 0.3) is 0 Å². The number of nitrogens with one attached hydrogen (secondary N) is 1. The monoisotopic (exact) mass is 401 g/mol. The van der Waals surface area contributed by atoms with E-state index in [1.807, 2.05) is 0 Å². The average Bonchev–Trinajstić information content (AvgIpc) is 2.94. The number of thiophene rings is 1. The Bertz CT molecular complexity index is 540. The molecule has 0 spiro atoms. The lowest BCUT2D eigenvalue weighted by Gasteiger charge is -2.12. The van der Waals surface area contributed by atoms with E-state index in [0.717, 1.165) is 43.9 Å². The van der Waals surface area contributed by atoms with E-state index in [9.17, 15) is 0 Å². The van der Waals surface area contributed by atoms with Crippen LogP contribution in [0.2, 0.25) is 0 Å². The maximum absolute atomic E-state index is 4.75. The average molecular weight is 401 g/mol. The largest absolute Gasteiger partial charge is 0.369 e. The Morgan fingerprint density at radius 1 is 1.25 bits per heavy atom. The van der Waals surface area contributed by atoms with Crippen molar-refractivity contribution in [2.75, 3.05) is 11.9 Å². The molecule has 2 aromatic rings. The van der Waals surface area contributed by atoms with E-state index in [1.165, 1.54) is 14.1 Å². The molecule has 0 saturated heterocycles. The SMILES string of the molecule is CCCNc1nc(Cc2cccs2)nc(CCC)c1I. The van der Waals surface area contributed by atoms with Crippen LogP contribution in [0.5, 0.6) is 0 Å². The van der Waals surface area contributed by atoms with Crippen LogP contribution in [0.15, 0.2) is 17.5 Å². The van der Waals surface area contributed by atoms with Crippen LogP contribution in [-0.4, -0.2) is 16.5 Å². The Labute approximate surface area is 138 Å². The minimum absolute atomic E-state index is 0.826. The Hall–Kier alpha value is -0.690. The number of nitrogens with zero attached hydrogens (tertiary/aromatic N) is 2. The van der Waals surface area contributed by atoms with Crippen LogP contribution in [0.3, 0.4) is 0 Å². The molecular formula is C15H20IN3S. The van der Waals surface area contributed by atoms with Crippen molar-refractivity contribution in [3.8, 4) is 0 Å². The zero-order valence-corrected chi connectivity index (χ0v) is 14.9. The number of hydrogen-bond donors (Lipinski definition) is 1. The third-order valence-electron chi connectivity index (χ3n) is 2.91. The first-order valence-corrected chi connectivity index (χ1v) is 9.02. The Balaban J connectivity index is 2.28. The van der Waals surface area contributed by atoms with Crippen LogP contribution >= 0.6 is 33.9 Å². The van der Waals surface area contributed by atoms with E-state index >= 15 is 0 Å². The molecule has 0 aromatic carbocycles. The lowest BCUT2D eigenvalue weighted by molar-refractivity contribution is 0.832. The minimum atomic E-state index is 0.826. The van der Waals surface area contributed by atoms with Crippen molar-refractivity contribution in [3.63, 3.8) is 0 Å². The fraction of sp³-hybridized carbons (Fsp3) is 0.467. The molecule has 2 aromatic heterocycles. The molecule has 2 rings (SSSR count). The van der Waals surface area contributed by atoms with Gasteiger partial charge < -0.3 is 5.32 Å². The van der Waals surface area contributed by atoms with E-state index in [-0.39, 0.29) is 0 Å². The first-order chi connectivity index (χ1) is 9.74. The number of rotatable bonds is 7. The van der Waals surface area contributed by atoms with E-state index in [0.29, 0.717) is 0 Å². The summed E-state index contributed by atoms with van der Waals surface area (Å²) in [5, 5.41) is 5.53. The number of halogens is 1. The molecule has 0 aliphatic rings. The van der Waals surface area contributed by atoms with Gasteiger partial charge in [0.1, 0.15) is 11.6 Å². The van der Waals surface area contributed by atoms with Crippen LogP contribution < -0.4 is 5.32 Å². The summed E-state index contributed by atoms with van der Waals surface area (Å²) in [4.78, 5) is 10.8. The molecule has 2 heterocycles. The van der Waals surface area contributed by atoms with Gasteiger partial charge in [-0.25, -0.2) is 9.97 Å². The van der Waals surface area contributed by atoms with Gasteiger partial charge in [0.05, 0.1) is 9.26 Å². The van der Waals surface area contributed by atoms with Gasteiger partial charge in [-0.15, -0.1) is 11.3 Å². The van der Waals surface area contributed by atoms with E-state index < -0.39 is 0 Å². The van der Waals surface area contributed by atoms with Crippen molar-refractivity contribution in [2.24, 2.45) is 0 Å². The summed E-state index contributed by atoms with van der Waals surface area (Å²) in [6.45, 7) is 5.31. The zero-order chi connectivity index (χ0) is 14.4. The molecule has 0 saturated carbocycles. The van der Waals surface area contributed by atoms with Gasteiger partial charge in [0, 0.05) is 17.8 Å². The molecule has 0 unspecified atom stereocenters. The Morgan fingerprint density at radius 2 is 2.10 bits per heavy atom. The topological polar surface area (TPSA) is 37.8 Å². The molecular weight excluding hydrogens is 381 g/mol. The summed E-state index contributed by atoms with van der Waals surface area (Å²) in [6.07, 6.45) is 4.05. The second kappa shape index (κ2) is 7.93. The van der Waals surface area contributed by atoms with Crippen LogP contribution in [0, 0.1) is 3.57 Å². The Kier molecular flexibility index (Phi) is 6.22. The number of hydrogen-bond acceptors (Lipinski definition) is 4. The number of aryl methyl sites for hydroxylation is 1. The molecule has 0 fully saturated rings. The molecule has 0 aliphatic carbocycles. The predicted molar refractivity (Wildman–Crippen MR) is 94.6 cm³/mol. The third kappa shape index (κ3) is 4.15. The lowest BCUT2D eigenvalue weighted by Crippen LogP contribution is -2.11. The highest BCUT2D eigenvalue weighted by Gasteiger charge is 2.12. The molecule has 1 N–H and O–H groups in total. The molecule has 0 bridgehead atoms. The van der Waals surface area contributed by atoms with Crippen molar-refractivity contribution in [2.45, 2.75) is 39.5 Å². The van der Waals surface area contributed by atoms with Gasteiger partial charge in [-0.2, -0.15) is 0 Å². The zero-order valence-electron chi connectivity index (χ0n) is 11.9. The van der Waals surface area contributed by atoms with Gasteiger partial charge >= 0.3 is 0 Å². The highest BCUT2D eigenvalue weighted by Crippen LogP contribution is 2.22. The van der Waals surface area contributed by atoms with Gasteiger partial charge in [-0.05, 0) is 46.9 Å². The van der Waals surface area contributed by atoms with E-state index in [2.05, 4.69) is 59.3 Å². The molecule has 0 radical (unpaired) electrons. The maximum Gasteiger partial charge on any atom is 0.143 e. The van der Waals surface area contributed by atoms with E-state index in [4.69, 9.17) is 9.97 Å². The second-order valence-corrected chi connectivity index (χ2v) is 6.79. The normalized spacial score (nSPS) is 10.8. The fourth-order valence-electron chi connectivity index (χ4n) is 1.96. The number of anilines is 1. The van der Waals surface area contributed by atoms with Gasteiger partial charge in [0.15, 0.2) is 0 Å². The smallest absolute Gasteiger partial charge is 0.143 e. The van der Waals surface area contributed by atoms with Crippen LogP contribution in [0.4, 0.5) is 5.82 Å². The highest BCUT2D eigenvalue weighted by atomic mass is 127. The van der Waals surface area contributed by atoms with Crippen LogP contribution in [0.1, 0.15) is 43.1 Å². The molecule has 20 heavy (non-hydrogen) atoms. The molecule has 5 heteroatoms.